The number of nitrogens with zero attached hydrogens (tertiary/aromatic N) is 2. The normalized spacial score (nSPS) is 16.1. The summed E-state index contributed by atoms with van der Waals surface area (Å²) in [5.41, 5.74) is 1.18. The number of furan rings is 1. The van der Waals surface area contributed by atoms with Crippen molar-refractivity contribution in [2.75, 3.05) is 46.9 Å². The lowest BCUT2D eigenvalue weighted by atomic mass is 10.1. The standard InChI is InChI=1S/C19H26N2O4.2ClH/c1-23-16-10-15(11-17(12-16)24-2)13-20-5-7-21(8-6-20)14-18(22)19-4-3-9-25-19;;/h3-4,9-12,18,22H,5-8,13-14H2,1-2H3;2*1H. The van der Waals surface area contributed by atoms with Crippen molar-refractivity contribution in [3.8, 4) is 11.5 Å². The molecule has 0 saturated carbocycles. The molecule has 6 nitrogen and oxygen atoms in total. The van der Waals surface area contributed by atoms with E-state index >= 15 is 0 Å². The first-order chi connectivity index (χ1) is 12.2. The first kappa shape index (κ1) is 23.6. The summed E-state index contributed by atoms with van der Waals surface area (Å²) in [6.45, 7) is 5.25. The van der Waals surface area contributed by atoms with E-state index in [1.807, 2.05) is 12.1 Å². The van der Waals surface area contributed by atoms with Gasteiger partial charge in [0.15, 0.2) is 0 Å². The minimum atomic E-state index is -0.566. The molecule has 0 bridgehead atoms. The Morgan fingerprint density at radius 1 is 1.00 bits per heavy atom. The smallest absolute Gasteiger partial charge is 0.133 e. The molecule has 1 fully saturated rings. The van der Waals surface area contributed by atoms with E-state index in [1.165, 1.54) is 5.56 Å². The van der Waals surface area contributed by atoms with Crippen molar-refractivity contribution in [3.05, 3.63) is 47.9 Å². The maximum Gasteiger partial charge on any atom is 0.133 e. The Bertz CT molecular complexity index is 639. The van der Waals surface area contributed by atoms with E-state index < -0.39 is 6.10 Å². The number of methoxy groups -OCH3 is 2. The Balaban J connectivity index is 0.00000182. The highest BCUT2D eigenvalue weighted by Crippen LogP contribution is 2.24. The molecule has 27 heavy (non-hydrogen) atoms. The molecule has 1 aliphatic heterocycles. The third kappa shape index (κ3) is 6.59. The van der Waals surface area contributed by atoms with Gasteiger partial charge in [0, 0.05) is 45.3 Å². The van der Waals surface area contributed by atoms with E-state index in [-0.39, 0.29) is 24.8 Å². The Morgan fingerprint density at radius 3 is 2.11 bits per heavy atom. The van der Waals surface area contributed by atoms with Crippen LogP contribution >= 0.6 is 24.8 Å². The lowest BCUT2D eigenvalue weighted by molar-refractivity contribution is 0.0597. The van der Waals surface area contributed by atoms with Crippen LogP contribution in [0.5, 0.6) is 11.5 Å². The van der Waals surface area contributed by atoms with Gasteiger partial charge in [0.25, 0.3) is 0 Å². The summed E-state index contributed by atoms with van der Waals surface area (Å²) in [7, 11) is 3.34. The second-order valence-corrected chi connectivity index (χ2v) is 6.33. The summed E-state index contributed by atoms with van der Waals surface area (Å²) in [6, 6.07) is 9.61. The highest BCUT2D eigenvalue weighted by atomic mass is 35.5. The van der Waals surface area contributed by atoms with Gasteiger partial charge in [-0.25, -0.2) is 0 Å². The summed E-state index contributed by atoms with van der Waals surface area (Å²) < 4.78 is 15.9. The number of piperazine rings is 1. The van der Waals surface area contributed by atoms with Gasteiger partial charge in [-0.15, -0.1) is 24.8 Å². The predicted octanol–water partition coefficient (Wildman–Crippen LogP) is 2.99. The molecular formula is C19H28Cl2N2O4. The van der Waals surface area contributed by atoms with Gasteiger partial charge in [-0.05, 0) is 29.8 Å². The van der Waals surface area contributed by atoms with Crippen molar-refractivity contribution in [2.24, 2.45) is 0 Å². The zero-order chi connectivity index (χ0) is 17.6. The Hall–Kier alpha value is -1.44. The van der Waals surface area contributed by atoms with Gasteiger partial charge >= 0.3 is 0 Å². The molecule has 0 radical (unpaired) electrons. The quantitative estimate of drug-likeness (QED) is 0.745. The van der Waals surface area contributed by atoms with Crippen molar-refractivity contribution in [3.63, 3.8) is 0 Å². The first-order valence-electron chi connectivity index (χ1n) is 8.56. The maximum atomic E-state index is 10.2. The van der Waals surface area contributed by atoms with Gasteiger partial charge in [-0.2, -0.15) is 0 Å². The van der Waals surface area contributed by atoms with Crippen LogP contribution in [0, 0.1) is 0 Å². The number of β-amino-alcohol motifs (C(OH)–C–C–N with tert-alkyl or cyclic N) is 1. The summed E-state index contributed by atoms with van der Waals surface area (Å²) in [4.78, 5) is 4.68. The number of ether oxygens (including phenoxy) is 2. The molecule has 3 rings (SSSR count). The molecule has 152 valence electrons. The third-order valence-electron chi connectivity index (χ3n) is 4.59. The van der Waals surface area contributed by atoms with Gasteiger partial charge in [0.1, 0.15) is 23.4 Å². The van der Waals surface area contributed by atoms with E-state index in [0.717, 1.165) is 44.2 Å². The van der Waals surface area contributed by atoms with Crippen LogP contribution < -0.4 is 9.47 Å². The van der Waals surface area contributed by atoms with Crippen molar-refractivity contribution in [2.45, 2.75) is 12.6 Å². The van der Waals surface area contributed by atoms with Gasteiger partial charge in [0.2, 0.25) is 0 Å². The zero-order valence-corrected chi connectivity index (χ0v) is 17.3. The molecule has 1 aliphatic rings. The highest BCUT2D eigenvalue weighted by molar-refractivity contribution is 5.85. The highest BCUT2D eigenvalue weighted by Gasteiger charge is 2.21. The molecule has 0 amide bonds. The fraction of sp³-hybridized carbons (Fsp3) is 0.474. The summed E-state index contributed by atoms with van der Waals surface area (Å²) in [5, 5.41) is 10.2. The largest absolute Gasteiger partial charge is 0.497 e. The Labute approximate surface area is 172 Å². The minimum absolute atomic E-state index is 0. The van der Waals surface area contributed by atoms with Crippen LogP contribution in [-0.4, -0.2) is 61.8 Å². The van der Waals surface area contributed by atoms with Crippen LogP contribution in [0.25, 0.3) is 0 Å². The molecule has 1 atom stereocenters. The number of hydrogen-bond acceptors (Lipinski definition) is 6. The summed E-state index contributed by atoms with van der Waals surface area (Å²) in [6.07, 6.45) is 1.03. The van der Waals surface area contributed by atoms with E-state index in [9.17, 15) is 5.11 Å². The second kappa shape index (κ2) is 11.4. The van der Waals surface area contributed by atoms with Crippen molar-refractivity contribution in [1.82, 2.24) is 9.80 Å². The van der Waals surface area contributed by atoms with Crippen molar-refractivity contribution < 1.29 is 19.0 Å². The Morgan fingerprint density at radius 2 is 1.59 bits per heavy atom. The van der Waals surface area contributed by atoms with Gasteiger partial charge in [0.05, 0.1) is 20.5 Å². The van der Waals surface area contributed by atoms with E-state index in [2.05, 4.69) is 21.9 Å². The van der Waals surface area contributed by atoms with Gasteiger partial charge in [-0.1, -0.05) is 0 Å². The summed E-state index contributed by atoms with van der Waals surface area (Å²) in [5.74, 6) is 2.26. The molecule has 1 N–H and O–H groups in total. The van der Waals surface area contributed by atoms with Crippen LogP contribution in [0.1, 0.15) is 17.4 Å². The number of benzene rings is 1. The lowest BCUT2D eigenvalue weighted by Crippen LogP contribution is -2.47. The molecule has 2 heterocycles. The van der Waals surface area contributed by atoms with Gasteiger partial charge < -0.3 is 19.0 Å². The molecule has 1 saturated heterocycles. The lowest BCUT2D eigenvalue weighted by Gasteiger charge is -2.35. The SMILES string of the molecule is COc1cc(CN2CCN(CC(O)c3ccco3)CC2)cc(OC)c1.Cl.Cl. The van der Waals surface area contributed by atoms with Crippen LogP contribution in [-0.2, 0) is 6.54 Å². The topological polar surface area (TPSA) is 58.3 Å². The molecule has 1 aromatic carbocycles. The van der Waals surface area contributed by atoms with Crippen LogP contribution in [0.15, 0.2) is 41.0 Å². The number of aliphatic hydroxyl groups is 1. The summed E-state index contributed by atoms with van der Waals surface area (Å²) >= 11 is 0. The van der Waals surface area contributed by atoms with E-state index in [1.54, 1.807) is 26.5 Å². The molecule has 1 aromatic heterocycles. The zero-order valence-electron chi connectivity index (χ0n) is 15.7. The van der Waals surface area contributed by atoms with Crippen molar-refractivity contribution in [1.29, 1.82) is 0 Å². The number of halogens is 2. The monoisotopic (exact) mass is 418 g/mol. The average Bonchev–Trinajstić information content (AvgIpc) is 3.18. The van der Waals surface area contributed by atoms with E-state index in [4.69, 9.17) is 13.9 Å². The van der Waals surface area contributed by atoms with Crippen LogP contribution in [0.2, 0.25) is 0 Å². The fourth-order valence-electron chi connectivity index (χ4n) is 3.16. The minimum Gasteiger partial charge on any atom is -0.497 e. The van der Waals surface area contributed by atoms with Crippen LogP contribution in [0.4, 0.5) is 0 Å². The average molecular weight is 419 g/mol. The first-order valence-corrected chi connectivity index (χ1v) is 8.56. The third-order valence-corrected chi connectivity index (χ3v) is 4.59. The van der Waals surface area contributed by atoms with Crippen molar-refractivity contribution >= 4 is 24.8 Å². The molecule has 1 unspecified atom stereocenters. The second-order valence-electron chi connectivity index (χ2n) is 6.33. The number of hydrogen-bond donors (Lipinski definition) is 1. The predicted molar refractivity (Wildman–Crippen MR) is 109 cm³/mol. The Kier molecular flexibility index (Phi) is 9.98. The number of aliphatic hydroxyl groups excluding tert-OH is 1. The fourth-order valence-corrected chi connectivity index (χ4v) is 3.16. The molecule has 8 heteroatoms. The molecule has 0 aliphatic carbocycles. The van der Waals surface area contributed by atoms with Gasteiger partial charge in [-0.3, -0.25) is 9.80 Å². The molecule has 2 aromatic rings. The maximum absolute atomic E-state index is 10.2. The molecule has 0 spiro atoms. The molecular weight excluding hydrogens is 391 g/mol. The van der Waals surface area contributed by atoms with Crippen LogP contribution in [0.3, 0.4) is 0 Å². The van der Waals surface area contributed by atoms with E-state index in [0.29, 0.717) is 12.3 Å². The number of rotatable bonds is 7.